The Bertz CT molecular complexity index is 1220. The number of hydrogen-bond acceptors (Lipinski definition) is 3. The molecule has 156 valence electrons. The van der Waals surface area contributed by atoms with E-state index in [1.807, 2.05) is 0 Å². The average molecular weight is 451 g/mol. The molecule has 1 amide bonds. The second-order valence-corrected chi connectivity index (χ2v) is 8.62. The molecule has 0 heterocycles. The van der Waals surface area contributed by atoms with E-state index in [1.165, 1.54) is 12.1 Å². The largest absolute Gasteiger partial charge is 0.322 e. The molecule has 5 nitrogen and oxygen atoms in total. The summed E-state index contributed by atoms with van der Waals surface area (Å²) in [5.41, 5.74) is 1.01. The fourth-order valence-corrected chi connectivity index (χ4v) is 3.93. The molecule has 0 fully saturated rings. The van der Waals surface area contributed by atoms with Crippen molar-refractivity contribution >= 4 is 33.2 Å². The van der Waals surface area contributed by atoms with Gasteiger partial charge < -0.3 is 5.32 Å². The minimum Gasteiger partial charge on any atom is -0.322 e. The summed E-state index contributed by atoms with van der Waals surface area (Å²) in [6.45, 7) is 1.42. The zero-order chi connectivity index (χ0) is 21.9. The zero-order valence-corrected chi connectivity index (χ0v) is 17.3. The molecule has 2 N–H and O–H groups in total. The molecule has 0 aliphatic heterocycles. The van der Waals surface area contributed by atoms with Crippen LogP contribution in [0.4, 0.5) is 14.5 Å². The van der Waals surface area contributed by atoms with E-state index in [0.717, 1.165) is 24.3 Å². The SMILES string of the molecule is Cc1ccc(NC(=O)c2ccc(F)c(S(=O)(=O)NCc3ccccc3Cl)c2)cc1F. The standard InChI is InChI=1S/C21H17ClF2N2O3S/c1-13-6-8-16(11-19(13)24)26-21(27)14-7-9-18(23)20(10-14)30(28,29)25-12-15-4-2-3-5-17(15)22/h2-11,25H,12H2,1H3,(H,26,27). The Morgan fingerprint density at radius 2 is 1.73 bits per heavy atom. The van der Waals surface area contributed by atoms with E-state index in [-0.39, 0.29) is 17.8 Å². The maximum absolute atomic E-state index is 14.2. The Kier molecular flexibility index (Phi) is 6.50. The first-order valence-corrected chi connectivity index (χ1v) is 10.6. The van der Waals surface area contributed by atoms with Crippen LogP contribution in [0.3, 0.4) is 0 Å². The van der Waals surface area contributed by atoms with Crippen molar-refractivity contribution < 1.29 is 22.0 Å². The Morgan fingerprint density at radius 1 is 1.00 bits per heavy atom. The van der Waals surface area contributed by atoms with Crippen LogP contribution in [0.25, 0.3) is 0 Å². The van der Waals surface area contributed by atoms with Crippen LogP contribution < -0.4 is 10.0 Å². The first kappa shape index (κ1) is 21.9. The predicted molar refractivity (Wildman–Crippen MR) is 111 cm³/mol. The van der Waals surface area contributed by atoms with Crippen LogP contribution in [-0.2, 0) is 16.6 Å². The van der Waals surface area contributed by atoms with E-state index in [2.05, 4.69) is 10.0 Å². The topological polar surface area (TPSA) is 75.3 Å². The summed E-state index contributed by atoms with van der Waals surface area (Å²) in [6, 6.07) is 13.7. The number of anilines is 1. The molecule has 30 heavy (non-hydrogen) atoms. The second-order valence-electron chi connectivity index (χ2n) is 6.48. The van der Waals surface area contributed by atoms with Crippen LogP contribution in [0, 0.1) is 18.6 Å². The molecule has 0 spiro atoms. The molecule has 0 aromatic heterocycles. The number of hydrogen-bond donors (Lipinski definition) is 2. The van der Waals surface area contributed by atoms with Gasteiger partial charge in [0.1, 0.15) is 16.5 Å². The van der Waals surface area contributed by atoms with E-state index < -0.39 is 32.5 Å². The van der Waals surface area contributed by atoms with Gasteiger partial charge in [-0.2, -0.15) is 0 Å². The highest BCUT2D eigenvalue weighted by molar-refractivity contribution is 7.89. The third-order valence-corrected chi connectivity index (χ3v) is 6.11. The summed E-state index contributed by atoms with van der Waals surface area (Å²) >= 11 is 6.01. The van der Waals surface area contributed by atoms with Crippen molar-refractivity contribution in [1.29, 1.82) is 0 Å². The number of carbonyl (C=O) groups is 1. The molecule has 3 aromatic carbocycles. The zero-order valence-electron chi connectivity index (χ0n) is 15.7. The molecule has 9 heteroatoms. The number of aryl methyl sites for hydroxylation is 1. The normalized spacial score (nSPS) is 11.3. The van der Waals surface area contributed by atoms with Gasteiger partial charge in [-0.15, -0.1) is 0 Å². The van der Waals surface area contributed by atoms with Gasteiger partial charge in [0.05, 0.1) is 0 Å². The number of benzene rings is 3. The lowest BCUT2D eigenvalue weighted by atomic mass is 10.2. The van der Waals surface area contributed by atoms with E-state index in [4.69, 9.17) is 11.6 Å². The van der Waals surface area contributed by atoms with Crippen molar-refractivity contribution in [3.63, 3.8) is 0 Å². The van der Waals surface area contributed by atoms with Crippen molar-refractivity contribution in [2.45, 2.75) is 18.4 Å². The molecular weight excluding hydrogens is 434 g/mol. The third-order valence-electron chi connectivity index (χ3n) is 4.32. The number of sulfonamides is 1. The number of rotatable bonds is 6. The van der Waals surface area contributed by atoms with Crippen LogP contribution in [0.5, 0.6) is 0 Å². The highest BCUT2D eigenvalue weighted by atomic mass is 35.5. The lowest BCUT2D eigenvalue weighted by Gasteiger charge is -2.11. The van der Waals surface area contributed by atoms with Crippen LogP contribution in [-0.4, -0.2) is 14.3 Å². The second kappa shape index (κ2) is 8.91. The van der Waals surface area contributed by atoms with Crippen molar-refractivity contribution in [3.05, 3.63) is 94.0 Å². The molecular formula is C21H17ClF2N2O3S. The number of amides is 1. The Labute approximate surface area is 177 Å². The summed E-state index contributed by atoms with van der Waals surface area (Å²) in [5.74, 6) is -2.22. The van der Waals surface area contributed by atoms with Crippen molar-refractivity contribution in [2.75, 3.05) is 5.32 Å². The molecule has 3 rings (SSSR count). The molecule has 0 radical (unpaired) electrons. The first-order valence-electron chi connectivity index (χ1n) is 8.77. The van der Waals surface area contributed by atoms with Gasteiger partial charge >= 0.3 is 0 Å². The fraction of sp³-hybridized carbons (Fsp3) is 0.0952. The number of carbonyl (C=O) groups excluding carboxylic acids is 1. The van der Waals surface area contributed by atoms with Crippen molar-refractivity contribution in [1.82, 2.24) is 4.72 Å². The van der Waals surface area contributed by atoms with Gasteiger partial charge in [-0.05, 0) is 54.4 Å². The van der Waals surface area contributed by atoms with E-state index in [1.54, 1.807) is 31.2 Å². The van der Waals surface area contributed by atoms with Crippen LogP contribution in [0.1, 0.15) is 21.5 Å². The summed E-state index contributed by atoms with van der Waals surface area (Å²) in [7, 11) is -4.27. The maximum Gasteiger partial charge on any atom is 0.255 e. The van der Waals surface area contributed by atoms with Crippen LogP contribution in [0.15, 0.2) is 65.6 Å². The lowest BCUT2D eigenvalue weighted by Crippen LogP contribution is -2.25. The third kappa shape index (κ3) is 5.02. The van der Waals surface area contributed by atoms with Gasteiger partial charge in [-0.25, -0.2) is 21.9 Å². The summed E-state index contributed by atoms with van der Waals surface area (Å²) < 4.78 is 55.3. The minimum atomic E-state index is -4.27. The van der Waals surface area contributed by atoms with E-state index in [0.29, 0.717) is 16.1 Å². The highest BCUT2D eigenvalue weighted by Gasteiger charge is 2.21. The molecule has 0 bridgehead atoms. The lowest BCUT2D eigenvalue weighted by molar-refractivity contribution is 0.102. The Balaban J connectivity index is 1.82. The molecule has 0 unspecified atom stereocenters. The average Bonchev–Trinajstić information content (AvgIpc) is 2.70. The van der Waals surface area contributed by atoms with Gasteiger partial charge in [-0.3, -0.25) is 4.79 Å². The number of halogens is 3. The van der Waals surface area contributed by atoms with Crippen LogP contribution >= 0.6 is 11.6 Å². The summed E-state index contributed by atoms with van der Waals surface area (Å²) in [4.78, 5) is 11.8. The molecule has 3 aromatic rings. The smallest absolute Gasteiger partial charge is 0.255 e. The molecule has 0 aliphatic rings. The minimum absolute atomic E-state index is 0.101. The fourth-order valence-electron chi connectivity index (χ4n) is 2.62. The molecule has 0 aliphatic carbocycles. The quantitative estimate of drug-likeness (QED) is 0.573. The molecule has 0 atom stereocenters. The van der Waals surface area contributed by atoms with E-state index >= 15 is 0 Å². The van der Waals surface area contributed by atoms with Gasteiger partial charge in [-0.1, -0.05) is 35.9 Å². The van der Waals surface area contributed by atoms with Crippen molar-refractivity contribution in [2.24, 2.45) is 0 Å². The monoisotopic (exact) mass is 450 g/mol. The van der Waals surface area contributed by atoms with Gasteiger partial charge in [0.15, 0.2) is 0 Å². The molecule has 0 saturated carbocycles. The summed E-state index contributed by atoms with van der Waals surface area (Å²) in [6.07, 6.45) is 0. The Hall–Kier alpha value is -2.81. The van der Waals surface area contributed by atoms with Crippen LogP contribution in [0.2, 0.25) is 5.02 Å². The van der Waals surface area contributed by atoms with Crippen molar-refractivity contribution in [3.8, 4) is 0 Å². The predicted octanol–water partition coefficient (Wildman–Crippen LogP) is 4.66. The maximum atomic E-state index is 14.2. The van der Waals surface area contributed by atoms with Gasteiger partial charge in [0, 0.05) is 22.8 Å². The highest BCUT2D eigenvalue weighted by Crippen LogP contribution is 2.20. The Morgan fingerprint density at radius 3 is 2.43 bits per heavy atom. The molecule has 0 saturated heterocycles. The summed E-state index contributed by atoms with van der Waals surface area (Å²) in [5, 5.41) is 2.82. The van der Waals surface area contributed by atoms with Gasteiger partial charge in [0.25, 0.3) is 5.91 Å². The first-order chi connectivity index (χ1) is 14.2. The van der Waals surface area contributed by atoms with Gasteiger partial charge in [0.2, 0.25) is 10.0 Å². The van der Waals surface area contributed by atoms with E-state index in [9.17, 15) is 22.0 Å². The number of nitrogens with one attached hydrogen (secondary N) is 2.